The number of rotatable bonds is 7. The van der Waals surface area contributed by atoms with Gasteiger partial charge in [0, 0.05) is 23.6 Å². The number of likely N-dealkylation sites (N-methyl/N-ethyl adjacent to an activating group) is 2. The molecule has 2 amide bonds. The molecule has 0 aromatic heterocycles. The van der Waals surface area contributed by atoms with Gasteiger partial charge >= 0.3 is 5.97 Å². The summed E-state index contributed by atoms with van der Waals surface area (Å²) < 4.78 is 6.47. The van der Waals surface area contributed by atoms with Gasteiger partial charge in [-0.25, -0.2) is 0 Å². The minimum Gasteiger partial charge on any atom is -0.459 e. The summed E-state index contributed by atoms with van der Waals surface area (Å²) in [6.07, 6.45) is 5.67. The average molecular weight is 555 g/mol. The third-order valence-electron chi connectivity index (χ3n) is 5.17. The molecule has 0 radical (unpaired) electrons. The molecule has 32 heavy (non-hydrogen) atoms. The molecule has 0 fully saturated rings. The minimum absolute atomic E-state index is 0.105. The van der Waals surface area contributed by atoms with E-state index in [2.05, 4.69) is 27.9 Å². The van der Waals surface area contributed by atoms with Crippen molar-refractivity contribution in [2.75, 3.05) is 27.2 Å². The van der Waals surface area contributed by atoms with E-state index in [-0.39, 0.29) is 18.4 Å². The summed E-state index contributed by atoms with van der Waals surface area (Å²) in [5.41, 5.74) is 0.327. The van der Waals surface area contributed by atoms with E-state index in [1.54, 1.807) is 39.8 Å². The van der Waals surface area contributed by atoms with Gasteiger partial charge in [0.1, 0.15) is 18.2 Å². The quantitative estimate of drug-likeness (QED) is 0.318. The second kappa shape index (κ2) is 11.8. The predicted octanol–water partition coefficient (Wildman–Crippen LogP) is 2.77. The molecule has 7 nitrogen and oxygen atoms in total. The van der Waals surface area contributed by atoms with E-state index < -0.39 is 23.7 Å². The third-order valence-corrected chi connectivity index (χ3v) is 5.89. The number of hydrogen-bond donors (Lipinski definition) is 1. The Morgan fingerprint density at radius 2 is 1.91 bits per heavy atom. The lowest BCUT2D eigenvalue weighted by atomic mass is 10.00. The lowest BCUT2D eigenvalue weighted by Crippen LogP contribution is -2.56. The first-order chi connectivity index (χ1) is 15.0. The second-order valence-electron chi connectivity index (χ2n) is 9.00. The zero-order chi connectivity index (χ0) is 23.9. The van der Waals surface area contributed by atoms with Crippen LogP contribution in [-0.2, 0) is 25.5 Å². The number of nitrogens with one attached hydrogen (secondary N) is 1. The summed E-state index contributed by atoms with van der Waals surface area (Å²) in [5.74, 6) is -0.857. The summed E-state index contributed by atoms with van der Waals surface area (Å²) in [5, 5.41) is 3.06. The fraction of sp³-hybridized carbons (Fsp3) is 0.542. The van der Waals surface area contributed by atoms with Crippen molar-refractivity contribution in [2.24, 2.45) is 0 Å². The largest absolute Gasteiger partial charge is 0.459 e. The smallest absolute Gasteiger partial charge is 0.326 e. The molecule has 2 rings (SSSR count). The van der Waals surface area contributed by atoms with Crippen LogP contribution in [0.15, 0.2) is 36.4 Å². The van der Waals surface area contributed by atoms with Gasteiger partial charge < -0.3 is 19.9 Å². The van der Waals surface area contributed by atoms with Crippen molar-refractivity contribution in [2.45, 2.75) is 57.7 Å². The first-order valence-corrected chi connectivity index (χ1v) is 11.9. The van der Waals surface area contributed by atoms with Crippen LogP contribution in [0.5, 0.6) is 0 Å². The van der Waals surface area contributed by atoms with Crippen molar-refractivity contribution in [1.82, 2.24) is 15.1 Å². The van der Waals surface area contributed by atoms with E-state index in [4.69, 9.17) is 4.74 Å². The lowest BCUT2D eigenvalue weighted by Gasteiger charge is -2.36. The number of carbonyl (C=O) groups is 3. The lowest BCUT2D eigenvalue weighted by molar-refractivity contribution is -0.159. The fourth-order valence-corrected chi connectivity index (χ4v) is 3.96. The minimum atomic E-state index is -0.711. The number of esters is 1. The molecule has 1 aliphatic heterocycles. The zero-order valence-electron chi connectivity index (χ0n) is 19.6. The van der Waals surface area contributed by atoms with Crippen LogP contribution in [0, 0.1) is 3.57 Å². The Morgan fingerprint density at radius 3 is 2.50 bits per heavy atom. The molecule has 1 aromatic carbocycles. The van der Waals surface area contributed by atoms with Gasteiger partial charge in [-0.15, -0.1) is 0 Å². The van der Waals surface area contributed by atoms with Crippen molar-refractivity contribution < 1.29 is 19.1 Å². The maximum atomic E-state index is 13.5. The van der Waals surface area contributed by atoms with Gasteiger partial charge in [0.15, 0.2) is 0 Å². The number of carbonyl (C=O) groups excluding carboxylic acids is 3. The molecular weight excluding hydrogens is 521 g/mol. The van der Waals surface area contributed by atoms with Gasteiger partial charge in [-0.2, -0.15) is 0 Å². The van der Waals surface area contributed by atoms with Crippen molar-refractivity contribution in [1.29, 1.82) is 0 Å². The van der Waals surface area contributed by atoms with E-state index in [0.29, 0.717) is 25.8 Å². The second-order valence-corrected chi connectivity index (χ2v) is 10.2. The molecule has 1 aromatic rings. The molecule has 176 valence electrons. The zero-order valence-corrected chi connectivity index (χ0v) is 21.7. The number of ether oxygens (including phenoxy) is 1. The van der Waals surface area contributed by atoms with Crippen LogP contribution >= 0.6 is 22.6 Å². The Hall–Kier alpha value is -1.94. The number of benzene rings is 1. The van der Waals surface area contributed by atoms with Crippen LogP contribution in [0.25, 0.3) is 0 Å². The Labute approximate surface area is 204 Å². The van der Waals surface area contributed by atoms with E-state index >= 15 is 0 Å². The van der Waals surface area contributed by atoms with Gasteiger partial charge in [-0.1, -0.05) is 24.3 Å². The molecule has 0 bridgehead atoms. The summed E-state index contributed by atoms with van der Waals surface area (Å²) in [6, 6.07) is 6.80. The molecular formula is C24H34IN3O4. The first-order valence-electron chi connectivity index (χ1n) is 10.9. The summed E-state index contributed by atoms with van der Waals surface area (Å²) >= 11 is 2.23. The molecule has 0 saturated heterocycles. The maximum absolute atomic E-state index is 13.5. The van der Waals surface area contributed by atoms with Gasteiger partial charge in [0.25, 0.3) is 0 Å². The summed E-state index contributed by atoms with van der Waals surface area (Å²) in [4.78, 5) is 42.2. The molecule has 1 N–H and O–H groups in total. The monoisotopic (exact) mass is 555 g/mol. The predicted molar refractivity (Wildman–Crippen MR) is 133 cm³/mol. The van der Waals surface area contributed by atoms with Crippen LogP contribution in [0.2, 0.25) is 0 Å². The van der Waals surface area contributed by atoms with Crippen molar-refractivity contribution in [3.63, 3.8) is 0 Å². The van der Waals surface area contributed by atoms with E-state index in [1.807, 2.05) is 36.4 Å². The molecule has 1 heterocycles. The third kappa shape index (κ3) is 7.88. The summed E-state index contributed by atoms with van der Waals surface area (Å²) in [7, 11) is 3.33. The van der Waals surface area contributed by atoms with Crippen molar-refractivity contribution >= 4 is 40.4 Å². The highest BCUT2D eigenvalue weighted by molar-refractivity contribution is 14.1. The number of amides is 2. The van der Waals surface area contributed by atoms with Gasteiger partial charge in [-0.3, -0.25) is 14.4 Å². The Kier molecular flexibility index (Phi) is 9.69. The van der Waals surface area contributed by atoms with Crippen LogP contribution in [-0.4, -0.2) is 72.5 Å². The Morgan fingerprint density at radius 1 is 1.25 bits per heavy atom. The standard InChI is InChI=1S/C24H34IN3O4/c1-24(2,3)32-21(29)16-27(5)23(31)20(15-17-10-12-18(25)13-11-17)28-14-8-6-7-9-19(26-4)22(28)30/h6-7,10-13,19-20,26H,8-9,14-16H2,1-5H3/b7-6-/t19-,20-/m0/s1. The molecule has 1 aliphatic rings. The Balaban J connectivity index is 2.30. The average Bonchev–Trinajstić information content (AvgIpc) is 2.69. The molecule has 0 spiro atoms. The van der Waals surface area contributed by atoms with Crippen LogP contribution in [0.4, 0.5) is 0 Å². The number of halogens is 1. The fourth-order valence-electron chi connectivity index (χ4n) is 3.60. The van der Waals surface area contributed by atoms with Crippen LogP contribution in [0.3, 0.4) is 0 Å². The highest BCUT2D eigenvalue weighted by Gasteiger charge is 2.35. The molecule has 0 saturated carbocycles. The van der Waals surface area contributed by atoms with Crippen LogP contribution < -0.4 is 5.32 Å². The first kappa shape index (κ1) is 26.3. The van der Waals surface area contributed by atoms with E-state index in [0.717, 1.165) is 9.13 Å². The van der Waals surface area contributed by atoms with Crippen molar-refractivity contribution in [3.05, 3.63) is 45.6 Å². The SMILES string of the molecule is CN[C@H]1C/C=C\CCN([C@@H](Cc2ccc(I)cc2)C(=O)N(C)CC(=O)OC(C)(C)C)C1=O. The van der Waals surface area contributed by atoms with Gasteiger partial charge in [-0.05, 0) is 80.9 Å². The van der Waals surface area contributed by atoms with Crippen molar-refractivity contribution in [3.8, 4) is 0 Å². The van der Waals surface area contributed by atoms with E-state index in [9.17, 15) is 14.4 Å². The molecule has 8 heteroatoms. The maximum Gasteiger partial charge on any atom is 0.326 e. The van der Waals surface area contributed by atoms with Gasteiger partial charge in [0.2, 0.25) is 11.8 Å². The molecule has 0 unspecified atom stereocenters. The Bertz CT molecular complexity index is 833. The molecule has 0 aliphatic carbocycles. The number of hydrogen-bond acceptors (Lipinski definition) is 5. The molecule has 2 atom stereocenters. The highest BCUT2D eigenvalue weighted by Crippen LogP contribution is 2.18. The van der Waals surface area contributed by atoms with E-state index in [1.165, 1.54) is 4.90 Å². The normalized spacial score (nSPS) is 19.0. The van der Waals surface area contributed by atoms with Gasteiger partial charge in [0.05, 0.1) is 6.04 Å². The number of nitrogens with zero attached hydrogens (tertiary/aromatic N) is 2. The highest BCUT2D eigenvalue weighted by atomic mass is 127. The summed E-state index contributed by atoms with van der Waals surface area (Å²) in [6.45, 7) is 5.63. The van der Waals surface area contributed by atoms with Crippen LogP contribution in [0.1, 0.15) is 39.2 Å². The topological polar surface area (TPSA) is 79.0 Å².